The van der Waals surface area contributed by atoms with Gasteiger partial charge in [-0.3, -0.25) is 9.59 Å². The van der Waals surface area contributed by atoms with Gasteiger partial charge in [0.2, 0.25) is 0 Å². The van der Waals surface area contributed by atoms with Crippen molar-refractivity contribution in [2.24, 2.45) is 5.41 Å². The van der Waals surface area contributed by atoms with Gasteiger partial charge in [0.05, 0.1) is 11.5 Å². The first-order valence-corrected chi connectivity index (χ1v) is 4.44. The van der Waals surface area contributed by atoms with E-state index in [2.05, 4.69) is 0 Å². The Morgan fingerprint density at radius 1 is 1.38 bits per heavy atom. The van der Waals surface area contributed by atoms with Gasteiger partial charge in [-0.05, 0) is 12.8 Å². The maximum Gasteiger partial charge on any atom is 0.471 e. The van der Waals surface area contributed by atoms with E-state index in [1.54, 1.807) is 0 Å². The van der Waals surface area contributed by atoms with E-state index in [1.165, 1.54) is 5.32 Å². The monoisotopic (exact) mass is 241 g/mol. The van der Waals surface area contributed by atoms with Crippen molar-refractivity contribution >= 4 is 11.9 Å². The number of carbonyl (C=O) groups is 2. The fraction of sp³-hybridized carbons (Fsp3) is 0.750. The van der Waals surface area contributed by atoms with E-state index in [1.807, 2.05) is 0 Å². The van der Waals surface area contributed by atoms with Crippen LogP contribution in [0.1, 0.15) is 12.8 Å². The van der Waals surface area contributed by atoms with Crippen LogP contribution in [0.15, 0.2) is 0 Å². The second kappa shape index (κ2) is 3.93. The molecule has 8 heteroatoms. The van der Waals surface area contributed by atoms with Crippen molar-refractivity contribution in [1.82, 2.24) is 5.32 Å². The highest BCUT2D eigenvalue weighted by molar-refractivity contribution is 5.83. The highest BCUT2D eigenvalue weighted by Gasteiger charge is 2.51. The number of hydrogen-bond acceptors (Lipinski definition) is 3. The van der Waals surface area contributed by atoms with E-state index in [4.69, 9.17) is 10.2 Å². The predicted octanol–water partition coefficient (Wildman–Crippen LogP) is -0.109. The Bertz CT molecular complexity index is 309. The zero-order valence-corrected chi connectivity index (χ0v) is 8.04. The van der Waals surface area contributed by atoms with Gasteiger partial charge >= 0.3 is 18.1 Å². The Morgan fingerprint density at radius 3 is 2.19 bits per heavy atom. The van der Waals surface area contributed by atoms with Crippen LogP contribution < -0.4 is 5.32 Å². The van der Waals surface area contributed by atoms with Gasteiger partial charge in [0.15, 0.2) is 0 Å². The third-order valence-corrected chi connectivity index (χ3v) is 2.55. The van der Waals surface area contributed by atoms with Crippen LogP contribution >= 0.6 is 0 Å². The number of nitrogens with one attached hydrogen (secondary N) is 1. The van der Waals surface area contributed by atoms with E-state index in [-0.39, 0.29) is 12.8 Å². The summed E-state index contributed by atoms with van der Waals surface area (Å²) < 4.78 is 35.4. The minimum absolute atomic E-state index is 0.152. The second-order valence-electron chi connectivity index (χ2n) is 3.83. The summed E-state index contributed by atoms with van der Waals surface area (Å²) in [5, 5.41) is 19.2. The summed E-state index contributed by atoms with van der Waals surface area (Å²) in [6.07, 6.45) is -6.16. The summed E-state index contributed by atoms with van der Waals surface area (Å²) in [4.78, 5) is 21.2. The number of aliphatic hydroxyl groups excluding tert-OH is 1. The molecule has 16 heavy (non-hydrogen) atoms. The molecule has 0 spiro atoms. The Morgan fingerprint density at radius 2 is 1.88 bits per heavy atom. The Hall–Kier alpha value is -1.31. The number of carboxylic acids is 1. The molecule has 5 nitrogen and oxygen atoms in total. The van der Waals surface area contributed by atoms with Crippen LogP contribution in [0.2, 0.25) is 0 Å². The van der Waals surface area contributed by atoms with Crippen molar-refractivity contribution in [2.45, 2.75) is 25.1 Å². The molecule has 0 unspecified atom stereocenters. The summed E-state index contributed by atoms with van der Waals surface area (Å²) in [6.45, 7) is -0.627. The van der Waals surface area contributed by atoms with Gasteiger partial charge in [-0.25, -0.2) is 0 Å². The third-order valence-electron chi connectivity index (χ3n) is 2.55. The van der Waals surface area contributed by atoms with Crippen molar-refractivity contribution in [3.05, 3.63) is 0 Å². The van der Waals surface area contributed by atoms with Gasteiger partial charge in [-0.1, -0.05) is 0 Å². The summed E-state index contributed by atoms with van der Waals surface area (Å²) in [5.74, 6) is -3.49. The standard InChI is InChI=1S/C8H10F3NO4/c9-8(10,11)5(14)12-3-7(6(15)16)1-4(13)2-7/h4,13H,1-3H2,(H,12,14)(H,15,16). The molecule has 0 atom stereocenters. The molecule has 1 saturated carbocycles. The molecule has 0 aromatic heterocycles. The molecular weight excluding hydrogens is 231 g/mol. The molecule has 0 aromatic carbocycles. The average Bonchev–Trinajstić information content (AvgIpc) is 2.07. The van der Waals surface area contributed by atoms with E-state index in [0.717, 1.165) is 0 Å². The number of hydrogen-bond donors (Lipinski definition) is 3. The number of halogens is 3. The highest BCUT2D eigenvalue weighted by atomic mass is 19.4. The smallest absolute Gasteiger partial charge is 0.471 e. The Kier molecular flexibility index (Phi) is 3.13. The second-order valence-corrected chi connectivity index (χ2v) is 3.83. The molecule has 1 fully saturated rings. The van der Waals surface area contributed by atoms with Crippen molar-refractivity contribution in [2.75, 3.05) is 6.54 Å². The van der Waals surface area contributed by atoms with Crippen molar-refractivity contribution < 1.29 is 33.0 Å². The van der Waals surface area contributed by atoms with Crippen LogP contribution in [0.4, 0.5) is 13.2 Å². The molecule has 1 amide bonds. The molecule has 1 aliphatic carbocycles. The van der Waals surface area contributed by atoms with Crippen LogP contribution in [0, 0.1) is 5.41 Å². The van der Waals surface area contributed by atoms with Gasteiger partial charge in [-0.2, -0.15) is 13.2 Å². The van der Waals surface area contributed by atoms with Gasteiger partial charge < -0.3 is 15.5 Å². The maximum atomic E-state index is 11.8. The molecule has 0 aliphatic heterocycles. The lowest BCUT2D eigenvalue weighted by molar-refractivity contribution is -0.177. The summed E-state index contributed by atoms with van der Waals surface area (Å²) in [5.41, 5.74) is -1.47. The van der Waals surface area contributed by atoms with Gasteiger partial charge in [-0.15, -0.1) is 0 Å². The van der Waals surface area contributed by atoms with E-state index < -0.39 is 36.1 Å². The molecule has 1 aliphatic rings. The van der Waals surface area contributed by atoms with Gasteiger partial charge in [0.25, 0.3) is 0 Å². The first kappa shape index (κ1) is 12.8. The number of carbonyl (C=O) groups excluding carboxylic acids is 1. The molecule has 1 rings (SSSR count). The van der Waals surface area contributed by atoms with Crippen molar-refractivity contribution in [3.63, 3.8) is 0 Å². The SMILES string of the molecule is O=C(NCC1(C(=O)O)CC(O)C1)C(F)(F)F. The highest BCUT2D eigenvalue weighted by Crippen LogP contribution is 2.41. The lowest BCUT2D eigenvalue weighted by Gasteiger charge is -2.41. The third kappa shape index (κ3) is 2.43. The minimum atomic E-state index is -5.03. The van der Waals surface area contributed by atoms with Crippen molar-refractivity contribution in [3.8, 4) is 0 Å². The van der Waals surface area contributed by atoms with Gasteiger partial charge in [0.1, 0.15) is 0 Å². The summed E-state index contributed by atoms with van der Waals surface area (Å²) in [7, 11) is 0. The molecule has 0 aromatic rings. The maximum absolute atomic E-state index is 11.8. The van der Waals surface area contributed by atoms with Crippen LogP contribution in [0.25, 0.3) is 0 Å². The average molecular weight is 241 g/mol. The normalized spacial score (nSPS) is 29.4. The number of rotatable bonds is 3. The molecule has 0 saturated heterocycles. The number of alkyl halides is 3. The zero-order valence-electron chi connectivity index (χ0n) is 8.04. The van der Waals surface area contributed by atoms with Crippen LogP contribution in [0.3, 0.4) is 0 Å². The molecule has 3 N–H and O–H groups in total. The number of aliphatic carboxylic acids is 1. The van der Waals surface area contributed by atoms with Crippen LogP contribution in [-0.4, -0.2) is 40.9 Å². The van der Waals surface area contributed by atoms with Crippen LogP contribution in [0.5, 0.6) is 0 Å². The minimum Gasteiger partial charge on any atom is -0.481 e. The van der Waals surface area contributed by atoms with E-state index in [9.17, 15) is 22.8 Å². The van der Waals surface area contributed by atoms with Crippen LogP contribution in [-0.2, 0) is 9.59 Å². The largest absolute Gasteiger partial charge is 0.481 e. The van der Waals surface area contributed by atoms with Gasteiger partial charge in [0, 0.05) is 6.54 Å². The van der Waals surface area contributed by atoms with Crippen molar-refractivity contribution in [1.29, 1.82) is 0 Å². The lowest BCUT2D eigenvalue weighted by atomic mass is 9.66. The predicted molar refractivity (Wildman–Crippen MR) is 44.4 cm³/mol. The molecule has 0 radical (unpaired) electrons. The molecular formula is C8H10F3NO4. The quantitative estimate of drug-likeness (QED) is 0.643. The Labute approximate surface area is 88.2 Å². The zero-order chi connectivity index (χ0) is 12.6. The number of carboxylic acid groups (broad SMARTS) is 1. The Balaban J connectivity index is 2.54. The first-order chi connectivity index (χ1) is 7.17. The van der Waals surface area contributed by atoms with E-state index >= 15 is 0 Å². The van der Waals surface area contributed by atoms with E-state index in [0.29, 0.717) is 0 Å². The molecule has 0 heterocycles. The number of amides is 1. The summed E-state index contributed by atoms with van der Waals surface area (Å²) >= 11 is 0. The topological polar surface area (TPSA) is 86.6 Å². The molecule has 0 bridgehead atoms. The first-order valence-electron chi connectivity index (χ1n) is 4.44. The lowest BCUT2D eigenvalue weighted by Crippen LogP contribution is -2.55. The fourth-order valence-corrected chi connectivity index (χ4v) is 1.59. The molecule has 92 valence electrons. The number of aliphatic hydroxyl groups is 1. The summed E-state index contributed by atoms with van der Waals surface area (Å²) in [6, 6.07) is 0. The fourth-order valence-electron chi connectivity index (χ4n) is 1.59.